The number of rotatable bonds is 2. The Hall–Kier alpha value is -1.46. The maximum absolute atomic E-state index is 11.1. The third-order valence-corrected chi connectivity index (χ3v) is 7.65. The summed E-state index contributed by atoms with van der Waals surface area (Å²) in [6.07, 6.45) is 13.2. The molecular formula is C22H28O2. The molecule has 5 atom stereocenters. The highest BCUT2D eigenvalue weighted by molar-refractivity contribution is 5.41. The molecule has 4 rings (SSSR count). The lowest BCUT2D eigenvalue weighted by molar-refractivity contribution is -0.0799. The molecule has 2 heteroatoms. The molecule has 0 saturated heterocycles. The zero-order valence-corrected chi connectivity index (χ0v) is 14.8. The highest BCUT2D eigenvalue weighted by Gasteiger charge is 2.62. The van der Waals surface area contributed by atoms with Crippen LogP contribution in [0.2, 0.25) is 0 Å². The summed E-state index contributed by atoms with van der Waals surface area (Å²) in [5.41, 5.74) is 2.03. The molecule has 0 aromatic heterocycles. The molecule has 0 amide bonds. The fraction of sp³-hybridized carbons (Fsp3) is 0.636. The summed E-state index contributed by atoms with van der Waals surface area (Å²) < 4.78 is 5.41. The zero-order chi connectivity index (χ0) is 16.9. The Balaban J connectivity index is 1.71. The van der Waals surface area contributed by atoms with Crippen molar-refractivity contribution in [2.24, 2.45) is 17.3 Å². The summed E-state index contributed by atoms with van der Waals surface area (Å²) in [6, 6.07) is 6.61. The number of terminal acetylenes is 1. The molecule has 1 aromatic carbocycles. The Kier molecular flexibility index (Phi) is 3.69. The minimum atomic E-state index is -0.891. The molecular weight excluding hydrogens is 296 g/mol. The number of hydrogen-bond acceptors (Lipinski definition) is 2. The van der Waals surface area contributed by atoms with E-state index in [0.29, 0.717) is 17.8 Å². The number of aryl methyl sites for hydroxylation is 1. The van der Waals surface area contributed by atoms with E-state index >= 15 is 0 Å². The predicted molar refractivity (Wildman–Crippen MR) is 96.0 cm³/mol. The van der Waals surface area contributed by atoms with E-state index in [2.05, 4.69) is 31.0 Å². The van der Waals surface area contributed by atoms with E-state index in [1.165, 1.54) is 17.5 Å². The Labute approximate surface area is 145 Å². The van der Waals surface area contributed by atoms with Crippen LogP contribution in [0.3, 0.4) is 0 Å². The van der Waals surface area contributed by atoms with Gasteiger partial charge < -0.3 is 9.84 Å². The monoisotopic (exact) mass is 324 g/mol. The van der Waals surface area contributed by atoms with Gasteiger partial charge in [-0.15, -0.1) is 6.42 Å². The van der Waals surface area contributed by atoms with Crippen molar-refractivity contribution in [1.29, 1.82) is 0 Å². The summed E-state index contributed by atoms with van der Waals surface area (Å²) in [7, 11) is 1.74. The van der Waals surface area contributed by atoms with Crippen LogP contribution >= 0.6 is 0 Å². The number of fused-ring (bicyclic) bond motifs is 5. The van der Waals surface area contributed by atoms with E-state index < -0.39 is 5.60 Å². The molecule has 2 saturated carbocycles. The van der Waals surface area contributed by atoms with E-state index in [4.69, 9.17) is 11.2 Å². The second kappa shape index (κ2) is 5.53. The third kappa shape index (κ3) is 1.94. The van der Waals surface area contributed by atoms with Gasteiger partial charge in [0.15, 0.2) is 0 Å². The first-order valence-corrected chi connectivity index (χ1v) is 9.45. The molecule has 24 heavy (non-hydrogen) atoms. The van der Waals surface area contributed by atoms with Crippen molar-refractivity contribution < 1.29 is 9.84 Å². The lowest BCUT2D eigenvalue weighted by Gasteiger charge is -2.53. The molecule has 128 valence electrons. The number of hydrogen-bond donors (Lipinski definition) is 1. The largest absolute Gasteiger partial charge is 0.497 e. The van der Waals surface area contributed by atoms with Crippen molar-refractivity contribution in [2.75, 3.05) is 7.11 Å². The Bertz CT molecular complexity index is 688. The van der Waals surface area contributed by atoms with Gasteiger partial charge in [-0.25, -0.2) is 0 Å². The van der Waals surface area contributed by atoms with Crippen LogP contribution in [-0.2, 0) is 6.42 Å². The van der Waals surface area contributed by atoms with Crippen LogP contribution in [0.25, 0.3) is 0 Å². The minimum absolute atomic E-state index is 0.0626. The molecule has 0 aliphatic heterocycles. The van der Waals surface area contributed by atoms with Gasteiger partial charge >= 0.3 is 0 Å². The molecule has 0 spiro atoms. The highest BCUT2D eigenvalue weighted by atomic mass is 16.5. The first-order chi connectivity index (χ1) is 11.6. The van der Waals surface area contributed by atoms with Crippen molar-refractivity contribution in [3.8, 4) is 18.1 Å². The van der Waals surface area contributed by atoms with Crippen molar-refractivity contribution in [3.05, 3.63) is 29.3 Å². The van der Waals surface area contributed by atoms with Gasteiger partial charge in [-0.2, -0.15) is 0 Å². The molecule has 3 aliphatic carbocycles. The Morgan fingerprint density at radius 3 is 2.83 bits per heavy atom. The molecule has 0 bridgehead atoms. The van der Waals surface area contributed by atoms with Gasteiger partial charge in [0.2, 0.25) is 0 Å². The number of benzene rings is 1. The lowest BCUT2D eigenvalue weighted by Crippen LogP contribution is -2.51. The Morgan fingerprint density at radius 1 is 1.29 bits per heavy atom. The van der Waals surface area contributed by atoms with Crippen LogP contribution in [0.15, 0.2) is 18.2 Å². The van der Waals surface area contributed by atoms with Gasteiger partial charge in [-0.3, -0.25) is 0 Å². The quantitative estimate of drug-likeness (QED) is 0.822. The minimum Gasteiger partial charge on any atom is -0.497 e. The summed E-state index contributed by atoms with van der Waals surface area (Å²) in [4.78, 5) is 0. The van der Waals surface area contributed by atoms with Crippen molar-refractivity contribution in [2.45, 2.75) is 63.4 Å². The van der Waals surface area contributed by atoms with E-state index in [1.54, 1.807) is 7.11 Å². The standard InChI is InChI=1S/C22H28O2/c1-4-21-12-10-18-17-9-7-16(24-3)14-15(17)6-8-19(18)20(21)11-13-22(21,23)5-2/h2,7,9,14,18-20,23H,4,6,8,10-13H2,1,3H3/t18-,19-,20-,21-,22-/m0/s1. The summed E-state index contributed by atoms with van der Waals surface area (Å²) >= 11 is 0. The number of aliphatic hydroxyl groups is 1. The van der Waals surface area contributed by atoms with E-state index in [-0.39, 0.29) is 5.41 Å². The number of ether oxygens (including phenoxy) is 1. The van der Waals surface area contributed by atoms with Gasteiger partial charge in [0.05, 0.1) is 7.11 Å². The highest BCUT2D eigenvalue weighted by Crippen LogP contribution is 2.65. The van der Waals surface area contributed by atoms with Crippen LogP contribution in [0.1, 0.15) is 62.5 Å². The topological polar surface area (TPSA) is 29.5 Å². The van der Waals surface area contributed by atoms with E-state index in [9.17, 15) is 5.11 Å². The normalized spacial score (nSPS) is 40.2. The fourth-order valence-electron chi connectivity index (χ4n) is 6.47. The molecule has 3 aliphatic rings. The van der Waals surface area contributed by atoms with Gasteiger partial charge in [-0.1, -0.05) is 18.9 Å². The van der Waals surface area contributed by atoms with Crippen LogP contribution in [-0.4, -0.2) is 17.8 Å². The summed E-state index contributed by atoms with van der Waals surface area (Å²) in [5.74, 6) is 5.63. The second-order valence-corrected chi connectivity index (χ2v) is 8.07. The summed E-state index contributed by atoms with van der Waals surface area (Å²) in [5, 5.41) is 11.1. The molecule has 0 radical (unpaired) electrons. The lowest BCUT2D eigenvalue weighted by atomic mass is 9.52. The molecule has 2 fully saturated rings. The maximum atomic E-state index is 11.1. The zero-order valence-electron chi connectivity index (χ0n) is 14.8. The van der Waals surface area contributed by atoms with E-state index in [1.807, 2.05) is 0 Å². The first-order valence-electron chi connectivity index (χ1n) is 9.45. The molecule has 2 nitrogen and oxygen atoms in total. The van der Waals surface area contributed by atoms with Gasteiger partial charge in [0.25, 0.3) is 0 Å². The molecule has 0 unspecified atom stereocenters. The van der Waals surface area contributed by atoms with Gasteiger partial charge in [-0.05, 0) is 86.0 Å². The molecule has 1 N–H and O–H groups in total. The van der Waals surface area contributed by atoms with Crippen LogP contribution < -0.4 is 4.74 Å². The van der Waals surface area contributed by atoms with Gasteiger partial charge in [0.1, 0.15) is 11.4 Å². The average Bonchev–Trinajstić information content (AvgIpc) is 2.94. The third-order valence-electron chi connectivity index (χ3n) is 7.65. The first kappa shape index (κ1) is 16.0. The van der Waals surface area contributed by atoms with Gasteiger partial charge in [0, 0.05) is 5.41 Å². The van der Waals surface area contributed by atoms with Crippen molar-refractivity contribution >= 4 is 0 Å². The van der Waals surface area contributed by atoms with Crippen molar-refractivity contribution in [3.63, 3.8) is 0 Å². The average molecular weight is 324 g/mol. The maximum Gasteiger partial charge on any atom is 0.131 e. The predicted octanol–water partition coefficient (Wildman–Crippen LogP) is 4.31. The second-order valence-electron chi connectivity index (χ2n) is 8.07. The van der Waals surface area contributed by atoms with Crippen LogP contribution in [0, 0.1) is 29.6 Å². The molecule has 1 aromatic rings. The van der Waals surface area contributed by atoms with Crippen LogP contribution in [0.5, 0.6) is 5.75 Å². The Morgan fingerprint density at radius 2 is 2.12 bits per heavy atom. The number of methoxy groups -OCH3 is 1. The smallest absolute Gasteiger partial charge is 0.131 e. The fourth-order valence-corrected chi connectivity index (χ4v) is 6.47. The molecule has 0 heterocycles. The van der Waals surface area contributed by atoms with Crippen molar-refractivity contribution in [1.82, 2.24) is 0 Å². The summed E-state index contributed by atoms with van der Waals surface area (Å²) in [6.45, 7) is 2.22. The SMILES string of the molecule is C#C[C@]1(O)CC[C@H]2[C@H]3CCc4cc(OC)ccc4[C@@H]3CC[C@@]21CC. The van der Waals surface area contributed by atoms with Crippen LogP contribution in [0.4, 0.5) is 0 Å². The van der Waals surface area contributed by atoms with E-state index in [0.717, 1.165) is 44.3 Å².